The van der Waals surface area contributed by atoms with Gasteiger partial charge < -0.3 is 19.2 Å². The highest BCUT2D eigenvalue weighted by molar-refractivity contribution is 5.99. The molecule has 3 heterocycles. The highest BCUT2D eigenvalue weighted by Crippen LogP contribution is 2.29. The van der Waals surface area contributed by atoms with E-state index in [1.54, 1.807) is 42.6 Å². The highest BCUT2D eigenvalue weighted by atomic mass is 16.3. The summed E-state index contributed by atoms with van der Waals surface area (Å²) in [6, 6.07) is 3.36. The standard InChI is InChI=1S/C23H29N3O4/c1-16(20-10-7-13-30-20)24-22(28)18-14-26(17-8-3-4-9-17)15-19(21(18)27)23(29)25-11-5-2-6-12-25/h7,10,13-17H,2-6,8-9,11-12H2,1H3,(H,24,28). The van der Waals surface area contributed by atoms with Crippen LogP contribution in [-0.4, -0.2) is 34.4 Å². The second-order valence-corrected chi connectivity index (χ2v) is 8.36. The van der Waals surface area contributed by atoms with Gasteiger partial charge in [0, 0.05) is 31.5 Å². The minimum atomic E-state index is -0.496. The van der Waals surface area contributed by atoms with Crippen LogP contribution >= 0.6 is 0 Å². The topological polar surface area (TPSA) is 84.5 Å². The fourth-order valence-corrected chi connectivity index (χ4v) is 4.48. The molecule has 2 aliphatic rings. The zero-order valence-electron chi connectivity index (χ0n) is 17.4. The lowest BCUT2D eigenvalue weighted by Gasteiger charge is -2.27. The summed E-state index contributed by atoms with van der Waals surface area (Å²) in [5.41, 5.74) is -0.380. The van der Waals surface area contributed by atoms with E-state index < -0.39 is 11.3 Å². The molecule has 1 aliphatic heterocycles. The van der Waals surface area contributed by atoms with Gasteiger partial charge in [-0.15, -0.1) is 0 Å². The Morgan fingerprint density at radius 1 is 1.07 bits per heavy atom. The Labute approximate surface area is 176 Å². The van der Waals surface area contributed by atoms with Gasteiger partial charge in [-0.25, -0.2) is 0 Å². The van der Waals surface area contributed by atoms with Crippen LogP contribution in [0.15, 0.2) is 40.0 Å². The van der Waals surface area contributed by atoms with E-state index in [1.165, 1.54) is 0 Å². The first-order valence-corrected chi connectivity index (χ1v) is 10.9. The van der Waals surface area contributed by atoms with Crippen LogP contribution in [0.4, 0.5) is 0 Å². The van der Waals surface area contributed by atoms with E-state index in [4.69, 9.17) is 4.42 Å². The Kier molecular flexibility index (Phi) is 6.06. The van der Waals surface area contributed by atoms with Crippen LogP contribution in [0.25, 0.3) is 0 Å². The first-order valence-electron chi connectivity index (χ1n) is 10.9. The van der Waals surface area contributed by atoms with Crippen LogP contribution in [0.1, 0.15) is 90.4 Å². The average molecular weight is 412 g/mol. The lowest BCUT2D eigenvalue weighted by molar-refractivity contribution is 0.0722. The Bertz CT molecular complexity index is 951. The molecule has 0 radical (unpaired) electrons. The molecule has 1 N–H and O–H groups in total. The van der Waals surface area contributed by atoms with Crippen molar-refractivity contribution in [2.45, 2.75) is 64.0 Å². The van der Waals surface area contributed by atoms with Crippen LogP contribution in [0, 0.1) is 0 Å². The third-order valence-corrected chi connectivity index (χ3v) is 6.23. The van der Waals surface area contributed by atoms with E-state index in [1.807, 2.05) is 4.57 Å². The summed E-state index contributed by atoms with van der Waals surface area (Å²) < 4.78 is 7.26. The summed E-state index contributed by atoms with van der Waals surface area (Å²) in [6.45, 7) is 3.12. The van der Waals surface area contributed by atoms with Gasteiger partial charge in [0.1, 0.15) is 16.9 Å². The molecule has 1 aliphatic carbocycles. The predicted molar refractivity (Wildman–Crippen MR) is 113 cm³/mol. The molecule has 1 saturated carbocycles. The Balaban J connectivity index is 1.67. The number of pyridine rings is 1. The summed E-state index contributed by atoms with van der Waals surface area (Å²) in [4.78, 5) is 41.1. The maximum absolute atomic E-state index is 13.2. The number of hydrogen-bond acceptors (Lipinski definition) is 4. The summed E-state index contributed by atoms with van der Waals surface area (Å²) in [7, 11) is 0. The molecule has 1 atom stereocenters. The van der Waals surface area contributed by atoms with E-state index in [2.05, 4.69) is 5.32 Å². The lowest BCUT2D eigenvalue weighted by atomic mass is 10.1. The number of aromatic nitrogens is 1. The first-order chi connectivity index (χ1) is 14.5. The molecule has 0 spiro atoms. The quantitative estimate of drug-likeness (QED) is 0.813. The van der Waals surface area contributed by atoms with Gasteiger partial charge in [-0.05, 0) is 51.2 Å². The zero-order valence-corrected chi connectivity index (χ0v) is 17.4. The Hall–Kier alpha value is -2.83. The Morgan fingerprint density at radius 2 is 1.77 bits per heavy atom. The summed E-state index contributed by atoms with van der Waals surface area (Å²) >= 11 is 0. The van der Waals surface area contributed by atoms with Crippen LogP contribution in [-0.2, 0) is 0 Å². The number of amides is 2. The van der Waals surface area contributed by atoms with E-state index >= 15 is 0 Å². The predicted octanol–water partition coefficient (Wildman–Crippen LogP) is 3.67. The molecule has 7 heteroatoms. The lowest BCUT2D eigenvalue weighted by Crippen LogP contribution is -2.40. The number of rotatable bonds is 5. The van der Waals surface area contributed by atoms with Crippen LogP contribution in [0.2, 0.25) is 0 Å². The molecule has 2 amide bonds. The van der Waals surface area contributed by atoms with Gasteiger partial charge in [-0.2, -0.15) is 0 Å². The molecule has 0 bridgehead atoms. The van der Waals surface area contributed by atoms with Gasteiger partial charge in [-0.1, -0.05) is 12.8 Å². The maximum Gasteiger partial charge on any atom is 0.259 e. The second kappa shape index (κ2) is 8.90. The molecule has 7 nitrogen and oxygen atoms in total. The molecule has 0 aromatic carbocycles. The minimum absolute atomic E-state index is 0.0168. The molecule has 2 fully saturated rings. The van der Waals surface area contributed by atoms with Crippen molar-refractivity contribution < 1.29 is 14.0 Å². The van der Waals surface area contributed by atoms with Gasteiger partial charge in [0.15, 0.2) is 0 Å². The summed E-state index contributed by atoms with van der Waals surface area (Å²) in [5, 5.41) is 2.83. The van der Waals surface area contributed by atoms with Crippen LogP contribution in [0.3, 0.4) is 0 Å². The van der Waals surface area contributed by atoms with Crippen molar-refractivity contribution in [2.75, 3.05) is 13.1 Å². The molecule has 2 aromatic heterocycles. The number of carbonyl (C=O) groups excluding carboxylic acids is 2. The van der Waals surface area contributed by atoms with Crippen molar-refractivity contribution in [3.63, 3.8) is 0 Å². The van der Waals surface area contributed by atoms with E-state index in [0.29, 0.717) is 18.8 Å². The van der Waals surface area contributed by atoms with E-state index in [-0.39, 0.29) is 29.1 Å². The number of hydrogen-bond donors (Lipinski definition) is 1. The van der Waals surface area contributed by atoms with Crippen molar-refractivity contribution in [1.82, 2.24) is 14.8 Å². The average Bonchev–Trinajstić information content (AvgIpc) is 3.48. The molecule has 1 unspecified atom stereocenters. The normalized spacial score (nSPS) is 18.4. The van der Waals surface area contributed by atoms with Crippen molar-refractivity contribution in [1.29, 1.82) is 0 Å². The summed E-state index contributed by atoms with van der Waals surface area (Å²) in [5.74, 6) is -0.135. The van der Waals surface area contributed by atoms with Crippen molar-refractivity contribution in [3.8, 4) is 0 Å². The van der Waals surface area contributed by atoms with Gasteiger partial charge >= 0.3 is 0 Å². The Morgan fingerprint density at radius 3 is 2.43 bits per heavy atom. The summed E-state index contributed by atoms with van der Waals surface area (Å²) in [6.07, 6.45) is 12.0. The molecule has 4 rings (SSSR count). The monoisotopic (exact) mass is 411 g/mol. The number of furan rings is 1. The maximum atomic E-state index is 13.2. The SMILES string of the molecule is CC(NC(=O)c1cn(C2CCCC2)cc(C(=O)N2CCCCC2)c1=O)c1ccco1. The molecule has 1 saturated heterocycles. The van der Waals surface area contributed by atoms with Crippen molar-refractivity contribution in [3.05, 3.63) is 57.9 Å². The second-order valence-electron chi connectivity index (χ2n) is 8.36. The minimum Gasteiger partial charge on any atom is -0.467 e. The number of likely N-dealkylation sites (tertiary alicyclic amines) is 1. The molecule has 160 valence electrons. The van der Waals surface area contributed by atoms with Crippen LogP contribution in [0.5, 0.6) is 0 Å². The number of carbonyl (C=O) groups is 2. The van der Waals surface area contributed by atoms with Gasteiger partial charge in [0.2, 0.25) is 5.43 Å². The number of nitrogens with one attached hydrogen (secondary N) is 1. The molecule has 30 heavy (non-hydrogen) atoms. The smallest absolute Gasteiger partial charge is 0.259 e. The molecular formula is C23H29N3O4. The van der Waals surface area contributed by atoms with Gasteiger partial charge in [0.25, 0.3) is 11.8 Å². The fourth-order valence-electron chi connectivity index (χ4n) is 4.48. The third-order valence-electron chi connectivity index (χ3n) is 6.23. The number of piperidine rings is 1. The number of nitrogens with zero attached hydrogens (tertiary/aromatic N) is 2. The largest absolute Gasteiger partial charge is 0.467 e. The highest BCUT2D eigenvalue weighted by Gasteiger charge is 2.27. The van der Waals surface area contributed by atoms with Gasteiger partial charge in [0.05, 0.1) is 12.3 Å². The van der Waals surface area contributed by atoms with E-state index in [9.17, 15) is 14.4 Å². The van der Waals surface area contributed by atoms with Crippen molar-refractivity contribution >= 4 is 11.8 Å². The molecular weight excluding hydrogens is 382 g/mol. The van der Waals surface area contributed by atoms with E-state index in [0.717, 1.165) is 44.9 Å². The van der Waals surface area contributed by atoms with Gasteiger partial charge in [-0.3, -0.25) is 14.4 Å². The molecule has 2 aromatic rings. The zero-order chi connectivity index (χ0) is 21.1. The third kappa shape index (κ3) is 4.20. The fraction of sp³-hybridized carbons (Fsp3) is 0.522. The first kappa shape index (κ1) is 20.4. The van der Waals surface area contributed by atoms with Crippen LogP contribution < -0.4 is 10.7 Å². The van der Waals surface area contributed by atoms with Crippen molar-refractivity contribution in [2.24, 2.45) is 0 Å².